The Morgan fingerprint density at radius 2 is 1.00 bits per heavy atom. The van der Waals surface area contributed by atoms with Gasteiger partial charge in [0.25, 0.3) is 0 Å². The summed E-state index contributed by atoms with van der Waals surface area (Å²) in [5, 5.41) is 2.20. The van der Waals surface area contributed by atoms with Crippen LogP contribution in [0, 0.1) is 0 Å². The second-order valence-electron chi connectivity index (χ2n) is 11.1. The number of hydrogen-bond acceptors (Lipinski definition) is 6. The van der Waals surface area contributed by atoms with Crippen LogP contribution >= 0.6 is 11.3 Å². The molecule has 9 rings (SSSR count). The molecule has 0 unspecified atom stereocenters. The number of fused-ring (bicyclic) bond motifs is 4. The minimum absolute atomic E-state index is 0.606. The molecule has 0 aliphatic carbocycles. The first-order valence-electron chi connectivity index (χ1n) is 15.1. The molecule has 5 nitrogen and oxygen atoms in total. The van der Waals surface area contributed by atoms with Crippen LogP contribution in [-0.2, 0) is 0 Å². The Balaban J connectivity index is 1.18. The van der Waals surface area contributed by atoms with Gasteiger partial charge in [0, 0.05) is 48.5 Å². The Hall–Kier alpha value is -5.98. The Bertz CT molecular complexity index is 2450. The highest BCUT2D eigenvalue weighted by atomic mass is 32.1. The summed E-state index contributed by atoms with van der Waals surface area (Å²) in [5.41, 5.74) is 7.70. The van der Waals surface area contributed by atoms with Gasteiger partial charge in [-0.25, -0.2) is 19.9 Å². The zero-order valence-electron chi connectivity index (χ0n) is 24.5. The van der Waals surface area contributed by atoms with Gasteiger partial charge in [-0.2, -0.15) is 0 Å². The molecule has 216 valence electrons. The van der Waals surface area contributed by atoms with Crippen LogP contribution in [0.4, 0.5) is 0 Å². The third-order valence-corrected chi connectivity index (χ3v) is 9.30. The van der Waals surface area contributed by atoms with E-state index < -0.39 is 0 Å². The average molecular weight is 609 g/mol. The summed E-state index contributed by atoms with van der Waals surface area (Å²) < 4.78 is 8.59. The van der Waals surface area contributed by atoms with Crippen molar-refractivity contribution >= 4 is 42.6 Å². The number of benzene rings is 6. The molecule has 6 aromatic carbocycles. The van der Waals surface area contributed by atoms with Gasteiger partial charge in [-0.1, -0.05) is 115 Å². The Kier molecular flexibility index (Phi) is 6.25. The van der Waals surface area contributed by atoms with E-state index in [4.69, 9.17) is 24.4 Å². The Morgan fingerprint density at radius 1 is 0.435 bits per heavy atom. The largest absolute Gasteiger partial charge is 0.436 e. The van der Waals surface area contributed by atoms with Crippen molar-refractivity contribution in [1.29, 1.82) is 0 Å². The molecule has 0 saturated heterocycles. The summed E-state index contributed by atoms with van der Waals surface area (Å²) in [4.78, 5) is 19.8. The lowest BCUT2D eigenvalue weighted by molar-refractivity contribution is 0.620. The van der Waals surface area contributed by atoms with Gasteiger partial charge in [0.05, 0.1) is 0 Å². The van der Waals surface area contributed by atoms with Gasteiger partial charge in [0.1, 0.15) is 5.52 Å². The smallest absolute Gasteiger partial charge is 0.227 e. The molecule has 0 spiro atoms. The number of oxazole rings is 1. The van der Waals surface area contributed by atoms with Crippen molar-refractivity contribution < 1.29 is 4.42 Å². The van der Waals surface area contributed by atoms with Gasteiger partial charge in [0.15, 0.2) is 23.1 Å². The molecule has 6 heteroatoms. The second kappa shape index (κ2) is 10.9. The topological polar surface area (TPSA) is 64.7 Å². The van der Waals surface area contributed by atoms with Crippen LogP contribution in [0.5, 0.6) is 0 Å². The number of thiophene rings is 1. The van der Waals surface area contributed by atoms with Crippen molar-refractivity contribution in [3.05, 3.63) is 146 Å². The fourth-order valence-corrected chi connectivity index (χ4v) is 7.06. The van der Waals surface area contributed by atoms with Crippen LogP contribution in [0.2, 0.25) is 0 Å². The first-order chi connectivity index (χ1) is 22.8. The van der Waals surface area contributed by atoms with Gasteiger partial charge in [-0.05, 0) is 35.4 Å². The predicted octanol–water partition coefficient (Wildman–Crippen LogP) is 10.7. The van der Waals surface area contributed by atoms with Crippen LogP contribution in [0.15, 0.2) is 150 Å². The van der Waals surface area contributed by atoms with Gasteiger partial charge >= 0.3 is 0 Å². The third kappa shape index (κ3) is 4.64. The number of aromatic nitrogens is 4. The van der Waals surface area contributed by atoms with E-state index in [0.717, 1.165) is 59.1 Å². The molecule has 0 radical (unpaired) electrons. The molecule has 0 aliphatic rings. The minimum Gasteiger partial charge on any atom is -0.436 e. The lowest BCUT2D eigenvalue weighted by atomic mass is 10.0. The maximum absolute atomic E-state index is 6.31. The average Bonchev–Trinajstić information content (AvgIpc) is 3.72. The van der Waals surface area contributed by atoms with E-state index in [0.29, 0.717) is 23.4 Å². The van der Waals surface area contributed by atoms with Crippen molar-refractivity contribution in [1.82, 2.24) is 19.9 Å². The zero-order chi connectivity index (χ0) is 30.5. The number of nitrogens with zero attached hydrogens (tertiary/aromatic N) is 4. The lowest BCUT2D eigenvalue weighted by Gasteiger charge is -2.09. The molecular formula is C40H24N4OS. The van der Waals surface area contributed by atoms with Crippen LogP contribution < -0.4 is 0 Å². The highest BCUT2D eigenvalue weighted by molar-refractivity contribution is 7.26. The van der Waals surface area contributed by atoms with E-state index in [1.165, 1.54) is 5.56 Å². The van der Waals surface area contributed by atoms with Crippen molar-refractivity contribution in [2.24, 2.45) is 0 Å². The summed E-state index contributed by atoms with van der Waals surface area (Å²) in [6.45, 7) is 0. The molecular weight excluding hydrogens is 585 g/mol. The molecule has 0 N–H and O–H groups in total. The van der Waals surface area contributed by atoms with Crippen LogP contribution in [0.25, 0.3) is 88.0 Å². The van der Waals surface area contributed by atoms with E-state index >= 15 is 0 Å². The van der Waals surface area contributed by atoms with Crippen molar-refractivity contribution in [2.75, 3.05) is 0 Å². The SMILES string of the molecule is c1ccc(-c2ccc(-c3nc4cc5c(cc4o3)sc3cccc(-c4nc(-c6ccccc6)nc(-c6ccccc6)n4)c35)cc2)cc1. The van der Waals surface area contributed by atoms with E-state index in [-0.39, 0.29) is 0 Å². The zero-order valence-corrected chi connectivity index (χ0v) is 25.3. The summed E-state index contributed by atoms with van der Waals surface area (Å²) in [7, 11) is 0. The minimum atomic E-state index is 0.606. The first kappa shape index (κ1) is 26.4. The second-order valence-corrected chi connectivity index (χ2v) is 12.2. The summed E-state index contributed by atoms with van der Waals surface area (Å²) in [5.74, 6) is 2.53. The van der Waals surface area contributed by atoms with E-state index in [9.17, 15) is 0 Å². The fraction of sp³-hybridized carbons (Fsp3) is 0. The molecule has 3 aromatic heterocycles. The van der Waals surface area contributed by atoms with Crippen molar-refractivity contribution in [2.45, 2.75) is 0 Å². The molecule has 3 heterocycles. The maximum Gasteiger partial charge on any atom is 0.227 e. The van der Waals surface area contributed by atoms with Crippen LogP contribution in [0.1, 0.15) is 0 Å². The third-order valence-electron chi connectivity index (χ3n) is 8.18. The van der Waals surface area contributed by atoms with E-state index in [1.54, 1.807) is 11.3 Å². The standard InChI is InChI=1S/C40H24N4OS/c1-4-11-25(12-5-1)26-19-21-29(22-20-26)40-41-32-23-31-35(24-33(32)45-40)46-34-18-10-17-30(36(31)34)39-43-37(27-13-6-2-7-14-27)42-38(44-39)28-15-8-3-9-16-28/h1-24H. The molecule has 0 bridgehead atoms. The monoisotopic (exact) mass is 608 g/mol. The normalized spacial score (nSPS) is 11.5. The summed E-state index contributed by atoms with van der Waals surface area (Å²) >= 11 is 1.73. The highest BCUT2D eigenvalue weighted by Gasteiger charge is 2.19. The van der Waals surface area contributed by atoms with E-state index in [2.05, 4.69) is 78.9 Å². The number of hydrogen-bond donors (Lipinski definition) is 0. The van der Waals surface area contributed by atoms with Crippen LogP contribution in [-0.4, -0.2) is 19.9 Å². The molecule has 0 amide bonds. The molecule has 0 saturated carbocycles. The molecule has 0 fully saturated rings. The molecule has 0 aliphatic heterocycles. The first-order valence-corrected chi connectivity index (χ1v) is 15.9. The summed E-state index contributed by atoms with van der Waals surface area (Å²) in [6.07, 6.45) is 0. The van der Waals surface area contributed by atoms with Crippen molar-refractivity contribution in [3.8, 4) is 56.7 Å². The highest BCUT2D eigenvalue weighted by Crippen LogP contribution is 2.42. The Labute approximate surface area is 268 Å². The molecule has 0 atom stereocenters. The van der Waals surface area contributed by atoms with E-state index in [1.807, 2.05) is 66.7 Å². The lowest BCUT2D eigenvalue weighted by Crippen LogP contribution is -2.00. The Morgan fingerprint density at radius 3 is 1.65 bits per heavy atom. The van der Waals surface area contributed by atoms with Gasteiger partial charge in [-0.15, -0.1) is 11.3 Å². The van der Waals surface area contributed by atoms with Crippen molar-refractivity contribution in [3.63, 3.8) is 0 Å². The summed E-state index contributed by atoms with van der Waals surface area (Å²) in [6, 6.07) is 49.4. The molecule has 46 heavy (non-hydrogen) atoms. The maximum atomic E-state index is 6.31. The van der Waals surface area contributed by atoms with Crippen LogP contribution in [0.3, 0.4) is 0 Å². The van der Waals surface area contributed by atoms with Gasteiger partial charge in [-0.3, -0.25) is 0 Å². The van der Waals surface area contributed by atoms with Gasteiger partial charge < -0.3 is 4.42 Å². The quantitative estimate of drug-likeness (QED) is 0.194. The number of rotatable bonds is 5. The molecule has 9 aromatic rings. The van der Waals surface area contributed by atoms with Gasteiger partial charge in [0.2, 0.25) is 5.89 Å². The predicted molar refractivity (Wildman–Crippen MR) is 187 cm³/mol. The fourth-order valence-electron chi connectivity index (χ4n) is 5.92.